The minimum atomic E-state index is -0.825. The second kappa shape index (κ2) is 16.8. The minimum Gasteiger partial charge on any atom is -0.493 e. The molecule has 35 heavy (non-hydrogen) atoms. The number of halogens is 1. The molecular formula is C27H40ClN3O4. The lowest BCUT2D eigenvalue weighted by molar-refractivity contribution is -0.136. The number of nitrogens with one attached hydrogen (secondary N) is 1. The van der Waals surface area contributed by atoms with Crippen LogP contribution in [-0.2, 0) is 11.2 Å². The van der Waals surface area contributed by atoms with Crippen molar-refractivity contribution in [1.82, 2.24) is 10.3 Å². The van der Waals surface area contributed by atoms with Gasteiger partial charge in [-0.3, -0.25) is 9.69 Å². The number of rotatable bonds is 15. The van der Waals surface area contributed by atoms with E-state index in [2.05, 4.69) is 19.2 Å². The first-order chi connectivity index (χ1) is 16.5. The van der Waals surface area contributed by atoms with Gasteiger partial charge < -0.3 is 15.2 Å². The van der Waals surface area contributed by atoms with Crippen LogP contribution in [0.25, 0.3) is 11.3 Å². The third-order valence-corrected chi connectivity index (χ3v) is 5.64. The van der Waals surface area contributed by atoms with Crippen LogP contribution < -0.4 is 15.0 Å². The van der Waals surface area contributed by atoms with Gasteiger partial charge in [0.25, 0.3) is 0 Å². The molecule has 0 saturated heterocycles. The number of carboxylic acid groups (broad SMARTS) is 1. The van der Waals surface area contributed by atoms with Gasteiger partial charge in [-0.1, -0.05) is 58.1 Å². The molecule has 7 nitrogen and oxygen atoms in total. The highest BCUT2D eigenvalue weighted by molar-refractivity contribution is 5.90. The number of nitrogens with zero attached hydrogens (tertiary/aromatic N) is 2. The number of aromatic nitrogens is 1. The van der Waals surface area contributed by atoms with Gasteiger partial charge in [0, 0.05) is 25.6 Å². The van der Waals surface area contributed by atoms with Crippen molar-refractivity contribution in [3.8, 4) is 17.0 Å². The lowest BCUT2D eigenvalue weighted by Gasteiger charge is -2.19. The van der Waals surface area contributed by atoms with Crippen LogP contribution in [0, 0.1) is 0 Å². The first-order valence-electron chi connectivity index (χ1n) is 12.4. The van der Waals surface area contributed by atoms with Gasteiger partial charge in [0.1, 0.15) is 11.6 Å². The Morgan fingerprint density at radius 3 is 2.49 bits per heavy atom. The van der Waals surface area contributed by atoms with E-state index in [1.54, 1.807) is 7.05 Å². The van der Waals surface area contributed by atoms with E-state index in [1.165, 1.54) is 24.2 Å². The summed E-state index contributed by atoms with van der Waals surface area (Å²) in [5, 5.41) is 12.0. The van der Waals surface area contributed by atoms with Crippen LogP contribution in [0.5, 0.6) is 5.75 Å². The fraction of sp³-hybridized carbons (Fsp3) is 0.519. The lowest BCUT2D eigenvalue weighted by Crippen LogP contribution is -2.38. The van der Waals surface area contributed by atoms with Crippen molar-refractivity contribution in [2.24, 2.45) is 0 Å². The van der Waals surface area contributed by atoms with Crippen molar-refractivity contribution < 1.29 is 19.4 Å². The molecule has 2 amide bonds. The Labute approximate surface area is 215 Å². The number of carbonyl (C=O) groups is 2. The average molecular weight is 506 g/mol. The predicted octanol–water partition coefficient (Wildman–Crippen LogP) is 6.48. The molecule has 0 spiro atoms. The Kier molecular flexibility index (Phi) is 14.5. The predicted molar refractivity (Wildman–Crippen MR) is 144 cm³/mol. The molecule has 1 aromatic carbocycles. The third-order valence-electron chi connectivity index (χ3n) is 5.64. The maximum atomic E-state index is 12.6. The Morgan fingerprint density at radius 1 is 1.03 bits per heavy atom. The SMILES string of the molecule is CCCCCCCNC(=O)N(C)c1cccc(-c2ccc(CCC(=O)O)cc2OCCCC)n1.Cl. The van der Waals surface area contributed by atoms with Crippen LogP contribution >= 0.6 is 12.4 Å². The molecule has 2 N–H and O–H groups in total. The summed E-state index contributed by atoms with van der Waals surface area (Å²) in [6.07, 6.45) is 8.17. The number of aryl methyl sites for hydroxylation is 1. The largest absolute Gasteiger partial charge is 0.493 e. The Bertz CT molecular complexity index is 923. The summed E-state index contributed by atoms with van der Waals surface area (Å²) < 4.78 is 6.04. The zero-order valence-corrected chi connectivity index (χ0v) is 22.0. The molecule has 0 radical (unpaired) electrons. The van der Waals surface area contributed by atoms with Crippen molar-refractivity contribution in [2.45, 2.75) is 71.6 Å². The molecule has 0 fully saturated rings. The highest BCUT2D eigenvalue weighted by Gasteiger charge is 2.15. The van der Waals surface area contributed by atoms with Crippen LogP contribution in [-0.4, -0.2) is 42.3 Å². The molecule has 2 aromatic rings. The number of anilines is 1. The standard InChI is InChI=1S/C27H39N3O4.ClH/c1-4-6-8-9-10-18-28-27(33)30(3)25-13-11-12-23(29-25)22-16-14-21(15-17-26(31)32)20-24(22)34-19-7-5-2;/h11-14,16,20H,4-10,15,17-19H2,1-3H3,(H,28,33)(H,31,32);1H. The molecule has 194 valence electrons. The molecule has 0 unspecified atom stereocenters. The average Bonchev–Trinajstić information content (AvgIpc) is 2.84. The molecule has 0 aliphatic heterocycles. The normalized spacial score (nSPS) is 10.4. The molecule has 0 atom stereocenters. The number of ether oxygens (including phenoxy) is 1. The highest BCUT2D eigenvalue weighted by Crippen LogP contribution is 2.31. The van der Waals surface area contributed by atoms with E-state index in [-0.39, 0.29) is 24.9 Å². The van der Waals surface area contributed by atoms with Crippen molar-refractivity contribution in [1.29, 1.82) is 0 Å². The van der Waals surface area contributed by atoms with Crippen molar-refractivity contribution in [3.05, 3.63) is 42.0 Å². The minimum absolute atomic E-state index is 0. The molecular weight excluding hydrogens is 466 g/mol. The Balaban J connectivity index is 0.00000612. The molecule has 1 aromatic heterocycles. The van der Waals surface area contributed by atoms with Crippen LogP contribution in [0.3, 0.4) is 0 Å². The molecule has 1 heterocycles. The molecule has 2 rings (SSSR count). The monoisotopic (exact) mass is 505 g/mol. The maximum Gasteiger partial charge on any atom is 0.322 e. The fourth-order valence-corrected chi connectivity index (χ4v) is 3.54. The number of carboxylic acids is 1. The number of unbranched alkanes of at least 4 members (excludes halogenated alkanes) is 5. The van der Waals surface area contributed by atoms with Gasteiger partial charge in [-0.15, -0.1) is 12.4 Å². The second-order valence-electron chi connectivity index (χ2n) is 8.51. The van der Waals surface area contributed by atoms with Crippen LogP contribution in [0.1, 0.15) is 70.8 Å². The van der Waals surface area contributed by atoms with E-state index >= 15 is 0 Å². The number of benzene rings is 1. The number of urea groups is 1. The van der Waals surface area contributed by atoms with E-state index in [0.29, 0.717) is 36.8 Å². The number of carbonyl (C=O) groups excluding carboxylic acids is 1. The summed E-state index contributed by atoms with van der Waals surface area (Å²) in [5.74, 6) is 0.407. The van der Waals surface area contributed by atoms with Crippen LogP contribution in [0.15, 0.2) is 36.4 Å². The summed E-state index contributed by atoms with van der Waals surface area (Å²) in [6.45, 7) is 5.52. The van der Waals surface area contributed by atoms with Gasteiger partial charge >= 0.3 is 12.0 Å². The highest BCUT2D eigenvalue weighted by atomic mass is 35.5. The number of hydrogen-bond donors (Lipinski definition) is 2. The molecule has 0 saturated carbocycles. The number of aliphatic carboxylic acids is 1. The summed E-state index contributed by atoms with van der Waals surface area (Å²) in [6, 6.07) is 11.1. The van der Waals surface area contributed by atoms with E-state index in [0.717, 1.165) is 36.8 Å². The van der Waals surface area contributed by atoms with Gasteiger partial charge in [0.2, 0.25) is 0 Å². The van der Waals surface area contributed by atoms with Gasteiger partial charge in [-0.2, -0.15) is 0 Å². The van der Waals surface area contributed by atoms with Gasteiger partial charge in [-0.05, 0) is 49.1 Å². The molecule has 8 heteroatoms. The van der Waals surface area contributed by atoms with Crippen LogP contribution in [0.4, 0.5) is 10.6 Å². The maximum absolute atomic E-state index is 12.6. The summed E-state index contributed by atoms with van der Waals surface area (Å²) in [7, 11) is 1.71. The second-order valence-corrected chi connectivity index (χ2v) is 8.51. The zero-order chi connectivity index (χ0) is 24.8. The zero-order valence-electron chi connectivity index (χ0n) is 21.2. The number of amides is 2. The summed E-state index contributed by atoms with van der Waals surface area (Å²) in [4.78, 5) is 29.8. The smallest absolute Gasteiger partial charge is 0.322 e. The Morgan fingerprint density at radius 2 is 1.77 bits per heavy atom. The summed E-state index contributed by atoms with van der Waals surface area (Å²) >= 11 is 0. The van der Waals surface area contributed by atoms with E-state index in [1.807, 2.05) is 36.4 Å². The van der Waals surface area contributed by atoms with Gasteiger partial charge in [0.05, 0.1) is 12.3 Å². The first kappa shape index (κ1) is 30.2. The van der Waals surface area contributed by atoms with Crippen molar-refractivity contribution >= 4 is 30.2 Å². The quantitative estimate of drug-likeness (QED) is 0.270. The summed E-state index contributed by atoms with van der Waals surface area (Å²) in [5.41, 5.74) is 2.43. The molecule has 0 bridgehead atoms. The van der Waals surface area contributed by atoms with Crippen molar-refractivity contribution in [3.63, 3.8) is 0 Å². The van der Waals surface area contributed by atoms with Crippen molar-refractivity contribution in [2.75, 3.05) is 25.1 Å². The fourth-order valence-electron chi connectivity index (χ4n) is 3.54. The van der Waals surface area contributed by atoms with Gasteiger partial charge in [-0.25, -0.2) is 9.78 Å². The first-order valence-corrected chi connectivity index (χ1v) is 12.4. The Hall–Kier alpha value is -2.80. The van der Waals surface area contributed by atoms with Crippen LogP contribution in [0.2, 0.25) is 0 Å². The molecule has 0 aliphatic rings. The van der Waals surface area contributed by atoms with Gasteiger partial charge in [0.15, 0.2) is 0 Å². The lowest BCUT2D eigenvalue weighted by atomic mass is 10.0. The number of pyridine rings is 1. The van der Waals surface area contributed by atoms with E-state index < -0.39 is 5.97 Å². The van der Waals surface area contributed by atoms with E-state index in [9.17, 15) is 9.59 Å². The van der Waals surface area contributed by atoms with E-state index in [4.69, 9.17) is 14.8 Å². The topological polar surface area (TPSA) is 91.8 Å². The number of hydrogen-bond acceptors (Lipinski definition) is 4. The third kappa shape index (κ3) is 10.6. The molecule has 0 aliphatic carbocycles.